The molecule has 1 aromatic carbocycles. The second-order valence-electron chi connectivity index (χ2n) is 7.24. The molecular weight excluding hydrogens is 402 g/mol. The Hall–Kier alpha value is -3.20. The molecule has 2 aliphatic rings. The van der Waals surface area contributed by atoms with Crippen molar-refractivity contribution >= 4 is 45.6 Å². The number of aromatic nitrogens is 2. The number of hydrogen-bond donors (Lipinski definition) is 1. The second kappa shape index (κ2) is 8.66. The molecule has 5 rings (SSSR count). The van der Waals surface area contributed by atoms with Crippen molar-refractivity contribution in [2.75, 3.05) is 49.6 Å². The lowest BCUT2D eigenvalue weighted by Crippen LogP contribution is -2.49. The Bertz CT molecular complexity index is 1060. The van der Waals surface area contributed by atoms with Gasteiger partial charge in [-0.1, -0.05) is 18.2 Å². The molecule has 0 unspecified atom stereocenters. The fourth-order valence-electron chi connectivity index (χ4n) is 3.90. The first kappa shape index (κ1) is 20.1. The quantitative estimate of drug-likeness (QED) is 0.631. The summed E-state index contributed by atoms with van der Waals surface area (Å²) in [6.07, 6.45) is 1.01. The molecule has 2 aromatic heterocycles. The number of pyridine rings is 1. The Morgan fingerprint density at radius 3 is 2.57 bits per heavy atom. The fourth-order valence-corrected chi connectivity index (χ4v) is 4.70. The van der Waals surface area contributed by atoms with E-state index in [1.54, 1.807) is 0 Å². The van der Waals surface area contributed by atoms with E-state index in [2.05, 4.69) is 43.4 Å². The van der Waals surface area contributed by atoms with E-state index in [1.165, 1.54) is 27.2 Å². The molecule has 9 heteroatoms. The molecule has 1 amide bonds. The lowest BCUT2D eigenvalue weighted by molar-refractivity contribution is -0.122. The molecule has 4 heterocycles. The van der Waals surface area contributed by atoms with Crippen LogP contribution in [0.25, 0.3) is 10.1 Å². The smallest absolute Gasteiger partial charge is 0.290 e. The monoisotopic (exact) mass is 425 g/mol. The van der Waals surface area contributed by atoms with E-state index in [-0.39, 0.29) is 12.4 Å². The highest BCUT2D eigenvalue weighted by molar-refractivity contribution is 7.13. The molecule has 1 N–H and O–H groups in total. The number of carbonyl (C=O) groups is 2. The Morgan fingerprint density at radius 1 is 1.07 bits per heavy atom. The van der Waals surface area contributed by atoms with Crippen LogP contribution in [-0.4, -0.2) is 71.5 Å². The molecule has 2 aliphatic heterocycles. The third kappa shape index (κ3) is 3.80. The Labute approximate surface area is 178 Å². The average Bonchev–Trinajstić information content (AvgIpc) is 3.37. The van der Waals surface area contributed by atoms with E-state index in [9.17, 15) is 4.79 Å². The van der Waals surface area contributed by atoms with Gasteiger partial charge in [0, 0.05) is 45.2 Å². The molecule has 1 saturated heterocycles. The molecule has 0 aliphatic carbocycles. The van der Waals surface area contributed by atoms with Crippen molar-refractivity contribution in [1.29, 1.82) is 0 Å². The van der Waals surface area contributed by atoms with Gasteiger partial charge in [0.25, 0.3) is 12.4 Å². The Balaban J connectivity index is 0.000000687. The number of likely N-dealkylation sites (N-methyl/N-ethyl adjacent to an activating group) is 1. The van der Waals surface area contributed by atoms with Crippen LogP contribution in [0.3, 0.4) is 0 Å². The van der Waals surface area contributed by atoms with Gasteiger partial charge in [0.15, 0.2) is 0 Å². The minimum Gasteiger partial charge on any atom is -0.483 e. The van der Waals surface area contributed by atoms with Crippen molar-refractivity contribution in [1.82, 2.24) is 14.3 Å². The first-order valence-electron chi connectivity index (χ1n) is 9.80. The van der Waals surface area contributed by atoms with Gasteiger partial charge in [-0.3, -0.25) is 9.59 Å². The Morgan fingerprint density at radius 2 is 1.80 bits per heavy atom. The summed E-state index contributed by atoms with van der Waals surface area (Å²) < 4.78 is 5.85. The molecule has 0 atom stereocenters. The topological polar surface area (TPSA) is 89.9 Å². The van der Waals surface area contributed by atoms with Crippen LogP contribution in [0.1, 0.15) is 16.1 Å². The highest BCUT2D eigenvalue weighted by atomic mass is 32.1. The van der Waals surface area contributed by atoms with Gasteiger partial charge in [-0.25, -0.2) is 4.98 Å². The van der Waals surface area contributed by atoms with Crippen molar-refractivity contribution in [3.63, 3.8) is 0 Å². The minimum absolute atomic E-state index is 0.0286. The number of carboxylic acid groups (broad SMARTS) is 1. The van der Waals surface area contributed by atoms with Crippen LogP contribution in [0, 0.1) is 0 Å². The standard InChI is InChI=1S/C20H21N5OS.CH2O2/c1-23-9-8-14-6-7-16(21-18(14)23)20(26)25-12-10-24(11-13-25)19-15-4-2-3-5-17(15)27-22-19;2-1-3/h2-7H,8-13H2,1H3;1H,(H,2,3). The first-order chi connectivity index (χ1) is 14.6. The van der Waals surface area contributed by atoms with Crippen LogP contribution in [-0.2, 0) is 11.2 Å². The molecule has 0 saturated carbocycles. The van der Waals surface area contributed by atoms with Crippen LogP contribution >= 0.6 is 11.5 Å². The molecule has 0 spiro atoms. The van der Waals surface area contributed by atoms with Crippen LogP contribution in [0.4, 0.5) is 11.6 Å². The first-order valence-corrected chi connectivity index (χ1v) is 10.6. The lowest BCUT2D eigenvalue weighted by atomic mass is 10.2. The van der Waals surface area contributed by atoms with Crippen molar-refractivity contribution in [3.05, 3.63) is 47.7 Å². The molecule has 1 fully saturated rings. The van der Waals surface area contributed by atoms with E-state index in [0.29, 0.717) is 18.8 Å². The number of nitrogens with zero attached hydrogens (tertiary/aromatic N) is 5. The van der Waals surface area contributed by atoms with Gasteiger partial charge in [0.1, 0.15) is 17.3 Å². The third-order valence-electron chi connectivity index (χ3n) is 5.48. The summed E-state index contributed by atoms with van der Waals surface area (Å²) >= 11 is 1.54. The SMILES string of the molecule is CN1CCc2ccc(C(=O)N3CCN(c4nsc5ccccc45)CC3)nc21.O=CO. The summed E-state index contributed by atoms with van der Waals surface area (Å²) in [5.74, 6) is 2.02. The molecule has 0 bridgehead atoms. The average molecular weight is 426 g/mol. The fraction of sp³-hybridized carbons (Fsp3) is 0.333. The van der Waals surface area contributed by atoms with E-state index in [1.807, 2.05) is 24.1 Å². The minimum atomic E-state index is -0.250. The van der Waals surface area contributed by atoms with Gasteiger partial charge in [0.05, 0.1) is 4.70 Å². The van der Waals surface area contributed by atoms with Crippen molar-refractivity contribution < 1.29 is 14.7 Å². The van der Waals surface area contributed by atoms with E-state index >= 15 is 0 Å². The highest BCUT2D eigenvalue weighted by Gasteiger charge is 2.26. The largest absolute Gasteiger partial charge is 0.483 e. The molecular formula is C21H23N5O3S. The van der Waals surface area contributed by atoms with Crippen LogP contribution in [0.15, 0.2) is 36.4 Å². The summed E-state index contributed by atoms with van der Waals surface area (Å²) in [5.41, 5.74) is 1.78. The number of fused-ring (bicyclic) bond motifs is 2. The summed E-state index contributed by atoms with van der Waals surface area (Å²) in [5, 5.41) is 8.09. The maximum atomic E-state index is 12.9. The number of carbonyl (C=O) groups excluding carboxylic acids is 1. The second-order valence-corrected chi connectivity index (χ2v) is 8.04. The molecule has 156 valence electrons. The van der Waals surface area contributed by atoms with E-state index < -0.39 is 0 Å². The predicted molar refractivity (Wildman–Crippen MR) is 118 cm³/mol. The summed E-state index contributed by atoms with van der Waals surface area (Å²) in [6.45, 7) is 3.70. The van der Waals surface area contributed by atoms with Crippen molar-refractivity contribution in [3.8, 4) is 0 Å². The lowest BCUT2D eigenvalue weighted by Gasteiger charge is -2.35. The summed E-state index contributed by atoms with van der Waals surface area (Å²) in [6, 6.07) is 12.2. The predicted octanol–water partition coefficient (Wildman–Crippen LogP) is 2.35. The van der Waals surface area contributed by atoms with E-state index in [4.69, 9.17) is 9.90 Å². The number of rotatable bonds is 2. The van der Waals surface area contributed by atoms with Gasteiger partial charge in [-0.05, 0) is 41.7 Å². The maximum Gasteiger partial charge on any atom is 0.290 e. The number of benzene rings is 1. The molecule has 3 aromatic rings. The van der Waals surface area contributed by atoms with E-state index in [0.717, 1.165) is 37.7 Å². The Kier molecular flexibility index (Phi) is 5.80. The highest BCUT2D eigenvalue weighted by Crippen LogP contribution is 2.30. The van der Waals surface area contributed by atoms with Gasteiger partial charge < -0.3 is 19.8 Å². The van der Waals surface area contributed by atoms with Crippen LogP contribution in [0.2, 0.25) is 0 Å². The van der Waals surface area contributed by atoms with Crippen molar-refractivity contribution in [2.45, 2.75) is 6.42 Å². The molecule has 8 nitrogen and oxygen atoms in total. The summed E-state index contributed by atoms with van der Waals surface area (Å²) in [4.78, 5) is 32.2. The van der Waals surface area contributed by atoms with Gasteiger partial charge in [0.2, 0.25) is 0 Å². The number of anilines is 2. The number of piperazine rings is 1. The zero-order valence-electron chi connectivity index (χ0n) is 16.7. The van der Waals surface area contributed by atoms with Gasteiger partial charge in [-0.15, -0.1) is 0 Å². The molecule has 30 heavy (non-hydrogen) atoms. The van der Waals surface area contributed by atoms with Crippen molar-refractivity contribution in [2.24, 2.45) is 0 Å². The van der Waals surface area contributed by atoms with Gasteiger partial charge >= 0.3 is 0 Å². The van der Waals surface area contributed by atoms with Crippen LogP contribution in [0.5, 0.6) is 0 Å². The molecule has 0 radical (unpaired) electrons. The number of hydrogen-bond acceptors (Lipinski definition) is 7. The summed E-state index contributed by atoms with van der Waals surface area (Å²) in [7, 11) is 2.03. The number of amides is 1. The zero-order valence-corrected chi connectivity index (χ0v) is 17.5. The van der Waals surface area contributed by atoms with Crippen LogP contribution < -0.4 is 9.80 Å². The zero-order chi connectivity index (χ0) is 21.1. The third-order valence-corrected chi connectivity index (χ3v) is 6.29. The maximum absolute atomic E-state index is 12.9. The normalized spacial score (nSPS) is 15.6. The van der Waals surface area contributed by atoms with Gasteiger partial charge in [-0.2, -0.15) is 4.37 Å².